The molecule has 0 bridgehead atoms. The van der Waals surface area contributed by atoms with Crippen molar-refractivity contribution in [1.29, 1.82) is 0 Å². The lowest BCUT2D eigenvalue weighted by Gasteiger charge is -2.13. The molecule has 2 rings (SSSR count). The number of hydrogen-bond acceptors (Lipinski definition) is 2. The van der Waals surface area contributed by atoms with Gasteiger partial charge in [-0.2, -0.15) is 5.10 Å². The fourth-order valence-corrected chi connectivity index (χ4v) is 2.60. The number of para-hydroxylation sites is 1. The van der Waals surface area contributed by atoms with Crippen molar-refractivity contribution in [3.8, 4) is 18.0 Å². The van der Waals surface area contributed by atoms with E-state index in [0.29, 0.717) is 6.54 Å². The number of likely N-dealkylation sites (N-methyl/N-ethyl adjacent to an activating group) is 1. The first-order valence-electron chi connectivity index (χ1n) is 7.65. The van der Waals surface area contributed by atoms with Crippen molar-refractivity contribution in [3.05, 3.63) is 47.3 Å². The Kier molecular flexibility index (Phi) is 5.56. The van der Waals surface area contributed by atoms with Gasteiger partial charge in [-0.1, -0.05) is 24.1 Å². The van der Waals surface area contributed by atoms with Crippen LogP contribution in [-0.2, 0) is 11.3 Å². The largest absolute Gasteiger partial charge is 0.340 e. The zero-order chi connectivity index (χ0) is 16.8. The minimum Gasteiger partial charge on any atom is -0.340 e. The van der Waals surface area contributed by atoms with Crippen molar-refractivity contribution < 1.29 is 9.69 Å². The van der Waals surface area contributed by atoms with Crippen molar-refractivity contribution >= 4 is 5.91 Å². The maximum Gasteiger partial charge on any atom is 0.275 e. The number of hydrogen-bond donors (Lipinski definition) is 2. The number of amides is 1. The molecule has 23 heavy (non-hydrogen) atoms. The molecule has 0 saturated carbocycles. The summed E-state index contributed by atoms with van der Waals surface area (Å²) in [6.07, 6.45) is 5.15. The van der Waals surface area contributed by atoms with E-state index in [9.17, 15) is 4.79 Å². The van der Waals surface area contributed by atoms with Crippen molar-refractivity contribution in [1.82, 2.24) is 15.1 Å². The van der Waals surface area contributed by atoms with Crippen LogP contribution in [0, 0.1) is 26.2 Å². The fraction of sp³-hybridized carbons (Fsp3) is 0.333. The van der Waals surface area contributed by atoms with Gasteiger partial charge in [0, 0.05) is 0 Å². The molecule has 0 spiro atoms. The quantitative estimate of drug-likeness (QED) is 0.752. The zero-order valence-corrected chi connectivity index (χ0v) is 13.9. The van der Waals surface area contributed by atoms with Gasteiger partial charge in [0.05, 0.1) is 36.2 Å². The first kappa shape index (κ1) is 16.8. The summed E-state index contributed by atoms with van der Waals surface area (Å²) in [6, 6.07) is 10.1. The number of aryl methyl sites for hydroxylation is 1. The maximum absolute atomic E-state index is 11.8. The van der Waals surface area contributed by atoms with Crippen molar-refractivity contribution in [2.45, 2.75) is 20.4 Å². The third kappa shape index (κ3) is 4.21. The van der Waals surface area contributed by atoms with E-state index in [4.69, 9.17) is 6.42 Å². The molecule has 1 aromatic carbocycles. The lowest BCUT2D eigenvalue weighted by atomic mass is 10.2. The molecule has 5 nitrogen and oxygen atoms in total. The smallest absolute Gasteiger partial charge is 0.275 e. The third-order valence-corrected chi connectivity index (χ3v) is 3.77. The molecule has 1 heterocycles. The minimum atomic E-state index is -0.0359. The van der Waals surface area contributed by atoms with E-state index in [1.807, 2.05) is 49.0 Å². The van der Waals surface area contributed by atoms with Crippen LogP contribution in [0.4, 0.5) is 0 Å². The molecule has 2 N–H and O–H groups in total. The van der Waals surface area contributed by atoms with Gasteiger partial charge < -0.3 is 10.2 Å². The van der Waals surface area contributed by atoms with Crippen molar-refractivity contribution in [2.24, 2.45) is 0 Å². The van der Waals surface area contributed by atoms with Crippen LogP contribution < -0.4 is 10.2 Å². The maximum atomic E-state index is 11.8. The topological polar surface area (TPSA) is 51.4 Å². The summed E-state index contributed by atoms with van der Waals surface area (Å²) in [4.78, 5) is 12.8. The van der Waals surface area contributed by atoms with Gasteiger partial charge in [0.15, 0.2) is 6.54 Å². The second-order valence-electron chi connectivity index (χ2n) is 5.69. The SMILES string of the molecule is C#CCNC(=O)C[NH+](C)Cc1c(C)nn(-c2ccccc2)c1C. The van der Waals surface area contributed by atoms with E-state index in [2.05, 4.69) is 23.3 Å². The summed E-state index contributed by atoms with van der Waals surface area (Å²) >= 11 is 0. The fourth-order valence-electron chi connectivity index (χ4n) is 2.60. The van der Waals surface area contributed by atoms with Crippen LogP contribution in [0.1, 0.15) is 17.0 Å². The summed E-state index contributed by atoms with van der Waals surface area (Å²) in [5.41, 5.74) is 4.33. The number of rotatable bonds is 6. The molecule has 0 saturated heterocycles. The van der Waals surface area contributed by atoms with Crippen LogP contribution >= 0.6 is 0 Å². The lowest BCUT2D eigenvalue weighted by molar-refractivity contribution is -0.885. The average molecular weight is 311 g/mol. The van der Waals surface area contributed by atoms with E-state index in [-0.39, 0.29) is 12.5 Å². The summed E-state index contributed by atoms with van der Waals surface area (Å²) in [5.74, 6) is 2.37. The molecule has 120 valence electrons. The van der Waals surface area contributed by atoms with E-state index in [1.165, 1.54) is 5.56 Å². The summed E-state index contributed by atoms with van der Waals surface area (Å²) in [5, 5.41) is 7.33. The minimum absolute atomic E-state index is 0.0359. The molecule has 1 amide bonds. The number of carbonyl (C=O) groups excluding carboxylic acids is 1. The van der Waals surface area contributed by atoms with Crippen LogP contribution in [0.5, 0.6) is 0 Å². The first-order chi connectivity index (χ1) is 11.0. The predicted octanol–water partition coefficient (Wildman–Crippen LogP) is 0.253. The number of nitrogens with one attached hydrogen (secondary N) is 2. The Hall–Kier alpha value is -2.58. The zero-order valence-electron chi connectivity index (χ0n) is 13.9. The molecule has 0 radical (unpaired) electrons. The monoisotopic (exact) mass is 311 g/mol. The summed E-state index contributed by atoms with van der Waals surface area (Å²) in [6.45, 7) is 5.47. The Labute approximate surface area is 137 Å². The molecule has 1 unspecified atom stereocenters. The molecule has 0 aliphatic carbocycles. The first-order valence-corrected chi connectivity index (χ1v) is 7.65. The van der Waals surface area contributed by atoms with E-state index < -0.39 is 0 Å². The number of nitrogens with zero attached hydrogens (tertiary/aromatic N) is 2. The van der Waals surface area contributed by atoms with Crippen LogP contribution in [0.15, 0.2) is 30.3 Å². The predicted molar refractivity (Wildman–Crippen MR) is 90.3 cm³/mol. The Morgan fingerprint density at radius 3 is 2.70 bits per heavy atom. The Balaban J connectivity index is 2.11. The van der Waals surface area contributed by atoms with Gasteiger partial charge in [-0.3, -0.25) is 4.79 Å². The Morgan fingerprint density at radius 1 is 1.35 bits per heavy atom. The number of terminal acetylenes is 1. The van der Waals surface area contributed by atoms with Crippen molar-refractivity contribution in [2.75, 3.05) is 20.1 Å². The summed E-state index contributed by atoms with van der Waals surface area (Å²) in [7, 11) is 1.99. The molecule has 0 aliphatic heterocycles. The highest BCUT2D eigenvalue weighted by atomic mass is 16.2. The second kappa shape index (κ2) is 7.61. The van der Waals surface area contributed by atoms with Gasteiger partial charge in [-0.25, -0.2) is 4.68 Å². The van der Waals surface area contributed by atoms with Crippen molar-refractivity contribution in [3.63, 3.8) is 0 Å². The van der Waals surface area contributed by atoms with Gasteiger partial charge in [0.25, 0.3) is 5.91 Å². The number of aromatic nitrogens is 2. The highest BCUT2D eigenvalue weighted by molar-refractivity contribution is 5.77. The molecule has 0 fully saturated rings. The number of benzene rings is 1. The van der Waals surface area contributed by atoms with Crippen LogP contribution in [0.25, 0.3) is 5.69 Å². The normalized spacial score (nSPS) is 11.7. The van der Waals surface area contributed by atoms with Crippen LogP contribution in [0.2, 0.25) is 0 Å². The summed E-state index contributed by atoms with van der Waals surface area (Å²) < 4.78 is 1.95. The Morgan fingerprint density at radius 2 is 2.04 bits per heavy atom. The lowest BCUT2D eigenvalue weighted by Crippen LogP contribution is -3.09. The van der Waals surface area contributed by atoms with Gasteiger partial charge >= 0.3 is 0 Å². The molecular formula is C18H23N4O+. The van der Waals surface area contributed by atoms with Gasteiger partial charge in [-0.15, -0.1) is 6.42 Å². The van der Waals surface area contributed by atoms with Gasteiger partial charge in [0.2, 0.25) is 0 Å². The Bertz CT molecular complexity index is 713. The number of carbonyl (C=O) groups is 1. The molecular weight excluding hydrogens is 288 g/mol. The molecule has 2 aromatic rings. The molecule has 1 atom stereocenters. The second-order valence-corrected chi connectivity index (χ2v) is 5.69. The average Bonchev–Trinajstić information content (AvgIpc) is 2.82. The van der Waals surface area contributed by atoms with Crippen LogP contribution in [0.3, 0.4) is 0 Å². The molecule has 1 aromatic heterocycles. The van der Waals surface area contributed by atoms with E-state index in [0.717, 1.165) is 28.5 Å². The highest BCUT2D eigenvalue weighted by Gasteiger charge is 2.18. The van der Waals surface area contributed by atoms with Crippen LogP contribution in [-0.4, -0.2) is 35.8 Å². The number of quaternary nitrogens is 1. The molecule has 0 aliphatic rings. The molecule has 5 heteroatoms. The highest BCUT2D eigenvalue weighted by Crippen LogP contribution is 2.16. The standard InChI is InChI=1S/C18H22N4O/c1-5-11-19-18(23)13-21(4)12-17-14(2)20-22(15(17)3)16-9-7-6-8-10-16/h1,6-10H,11-13H2,2-4H3,(H,19,23)/p+1. The van der Waals surface area contributed by atoms with E-state index >= 15 is 0 Å². The third-order valence-electron chi connectivity index (χ3n) is 3.77. The van der Waals surface area contributed by atoms with E-state index in [1.54, 1.807) is 0 Å². The van der Waals surface area contributed by atoms with Gasteiger partial charge in [-0.05, 0) is 26.0 Å². The van der Waals surface area contributed by atoms with Gasteiger partial charge in [0.1, 0.15) is 6.54 Å².